The second kappa shape index (κ2) is 25.9. The maximum atomic E-state index is 13.4. The lowest BCUT2D eigenvalue weighted by atomic mass is 9.89. The van der Waals surface area contributed by atoms with Crippen LogP contribution in [0.25, 0.3) is 33.4 Å². The van der Waals surface area contributed by atoms with Gasteiger partial charge in [-0.3, -0.25) is 19.2 Å². The average Bonchev–Trinajstić information content (AvgIpc) is 3.28. The number of aromatic carboxylic acids is 1. The van der Waals surface area contributed by atoms with Crippen LogP contribution < -0.4 is 41.2 Å². The maximum Gasteiger partial charge on any atom is 0.246 e. The predicted molar refractivity (Wildman–Crippen MR) is 244 cm³/mol. The number of carbonyl (C=O) groups is 5. The molecule has 0 fully saturated rings. The van der Waals surface area contributed by atoms with E-state index in [0.717, 1.165) is 41.6 Å². The highest BCUT2D eigenvalue weighted by Crippen LogP contribution is 2.42. The second-order valence-corrected chi connectivity index (χ2v) is 15.3. The fourth-order valence-corrected chi connectivity index (χ4v) is 7.02. The number of hydrogen-bond donors (Lipinski definition) is 4. The zero-order valence-electron chi connectivity index (χ0n) is 38.1. The van der Waals surface area contributed by atoms with E-state index in [1.807, 2.05) is 43.4 Å². The van der Waals surface area contributed by atoms with Crippen LogP contribution in [0.1, 0.15) is 69.8 Å². The Morgan fingerprint density at radius 3 is 2.19 bits per heavy atom. The molecule has 1 atom stereocenters. The molecule has 0 spiro atoms. The van der Waals surface area contributed by atoms with Gasteiger partial charge in [0.15, 0.2) is 0 Å². The van der Waals surface area contributed by atoms with E-state index in [1.165, 1.54) is 13.0 Å². The molecule has 16 heteroatoms. The minimum Gasteiger partial charge on any atom is -0.545 e. The second-order valence-electron chi connectivity index (χ2n) is 15.3. The van der Waals surface area contributed by atoms with E-state index in [0.29, 0.717) is 85.8 Å². The summed E-state index contributed by atoms with van der Waals surface area (Å²) in [5.41, 5.74) is 4.42. The van der Waals surface area contributed by atoms with Gasteiger partial charge in [0.1, 0.15) is 37.6 Å². The molecule has 1 heterocycles. The first-order valence-electron chi connectivity index (χ1n) is 21.9. The Morgan fingerprint density at radius 1 is 0.812 bits per heavy atom. The van der Waals surface area contributed by atoms with Crippen molar-refractivity contribution in [2.45, 2.75) is 66.5 Å². The fraction of sp³-hybridized carbons (Fsp3) is 0.458. The van der Waals surface area contributed by atoms with E-state index in [2.05, 4.69) is 58.1 Å². The average molecular weight is 885 g/mol. The Hall–Kier alpha value is -6.10. The molecule has 64 heavy (non-hydrogen) atoms. The van der Waals surface area contributed by atoms with Crippen LogP contribution in [0.2, 0.25) is 0 Å². The topological polar surface area (TPSA) is 204 Å². The third-order valence-corrected chi connectivity index (χ3v) is 10.6. The number of hydrogen-bond acceptors (Lipinski definition) is 11. The molecule has 1 aliphatic heterocycles. The van der Waals surface area contributed by atoms with Gasteiger partial charge in [-0.05, 0) is 82.3 Å². The molecule has 4 rings (SSSR count). The van der Waals surface area contributed by atoms with Gasteiger partial charge in [-0.2, -0.15) is 0 Å². The van der Waals surface area contributed by atoms with Gasteiger partial charge in [-0.15, -0.1) is 0 Å². The van der Waals surface area contributed by atoms with Gasteiger partial charge in [-0.25, -0.2) is 4.58 Å². The number of anilines is 1. The molecule has 1 aliphatic carbocycles. The molecule has 0 saturated heterocycles. The van der Waals surface area contributed by atoms with Crippen molar-refractivity contribution in [2.75, 3.05) is 84.3 Å². The SMILES string of the molecule is C=C(C)C(=O)NCCOCCOCCOCC(=O)NCCCCC(NC(C)=O)C(=O)NCc1ccc(-c2c3ccc(=[N+](C)CC)cc-3oc3cc(N(CC)CC)ccc23)c(C(=O)[O-])c1. The number of unbranched alkanes of at least 4 members (excludes halogenated alkanes) is 1. The highest BCUT2D eigenvalue weighted by atomic mass is 16.5. The van der Waals surface area contributed by atoms with Gasteiger partial charge < -0.3 is 54.7 Å². The molecule has 16 nitrogen and oxygen atoms in total. The van der Waals surface area contributed by atoms with Crippen LogP contribution in [-0.2, 0) is 39.9 Å². The molecule has 1 unspecified atom stereocenters. The molecule has 4 N–H and O–H groups in total. The summed E-state index contributed by atoms with van der Waals surface area (Å²) in [5, 5.41) is 25.5. The van der Waals surface area contributed by atoms with Crippen LogP contribution in [0.15, 0.2) is 71.2 Å². The van der Waals surface area contributed by atoms with E-state index in [4.69, 9.17) is 18.6 Å². The molecule has 2 aromatic rings. The minimum absolute atomic E-state index is 0.00693. The van der Waals surface area contributed by atoms with Crippen molar-refractivity contribution in [3.63, 3.8) is 0 Å². The van der Waals surface area contributed by atoms with E-state index >= 15 is 0 Å². The maximum absolute atomic E-state index is 13.4. The Kier molecular flexibility index (Phi) is 20.4. The summed E-state index contributed by atoms with van der Waals surface area (Å²) in [6.45, 7) is 17.3. The van der Waals surface area contributed by atoms with Crippen molar-refractivity contribution in [3.8, 4) is 22.5 Å². The van der Waals surface area contributed by atoms with Crippen molar-refractivity contribution in [1.82, 2.24) is 25.8 Å². The van der Waals surface area contributed by atoms with Crippen LogP contribution >= 0.6 is 0 Å². The standard InChI is InChI=1S/C48H64N6O10/c1-8-53(7)35-15-18-38-42(28-35)64-43-29-36(54(9-2)10-3)16-19-39(43)45(38)37-17-14-34(27-40(37)48(59)60)30-51-47(58)41(52-33(6)55)13-11-12-20-49-44(56)31-63-26-25-62-24-23-61-22-21-50-46(57)32(4)5/h14-19,27-29,41H,4,8-13,20-26,30-31H2,1-3,5-7H3,(H4-,49,50,51,52,55,56,57,58,59,60). The number of nitrogens with one attached hydrogen (secondary N) is 4. The van der Waals surface area contributed by atoms with Gasteiger partial charge in [0.2, 0.25) is 29.0 Å². The van der Waals surface area contributed by atoms with E-state index in [-0.39, 0.29) is 49.7 Å². The molecule has 0 radical (unpaired) electrons. The molecule has 2 aliphatic rings. The number of benzene rings is 3. The lowest BCUT2D eigenvalue weighted by Gasteiger charge is -2.23. The first-order chi connectivity index (χ1) is 30.8. The van der Waals surface area contributed by atoms with Gasteiger partial charge in [0, 0.05) is 85.1 Å². The number of rotatable bonds is 27. The van der Waals surface area contributed by atoms with Crippen LogP contribution in [0.4, 0.5) is 5.69 Å². The molecule has 346 valence electrons. The summed E-state index contributed by atoms with van der Waals surface area (Å²) in [6.07, 6.45) is 1.39. The normalized spacial score (nSPS) is 12.1. The van der Waals surface area contributed by atoms with E-state index in [9.17, 15) is 29.1 Å². The Bertz CT molecular complexity index is 2280. The van der Waals surface area contributed by atoms with E-state index in [1.54, 1.807) is 19.1 Å². The summed E-state index contributed by atoms with van der Waals surface area (Å²) < 4.78 is 24.8. The van der Waals surface area contributed by atoms with Crippen molar-refractivity contribution in [3.05, 3.63) is 83.2 Å². The molecule has 2 aromatic carbocycles. The lowest BCUT2D eigenvalue weighted by Crippen LogP contribution is -2.45. The third-order valence-electron chi connectivity index (χ3n) is 10.6. The number of carboxylic acids is 1. The quantitative estimate of drug-likeness (QED) is 0.0297. The molecule has 4 amide bonds. The molecule has 0 aromatic heterocycles. The van der Waals surface area contributed by atoms with Crippen LogP contribution in [0, 0.1) is 0 Å². The number of fused-ring (bicyclic) bond motifs is 2. The smallest absolute Gasteiger partial charge is 0.246 e. The molecular weight excluding hydrogens is 821 g/mol. The molecule has 0 bridgehead atoms. The summed E-state index contributed by atoms with van der Waals surface area (Å²) >= 11 is 0. The third kappa shape index (κ3) is 15.0. The summed E-state index contributed by atoms with van der Waals surface area (Å²) in [7, 11) is 1.99. The number of carbonyl (C=O) groups excluding carboxylic acids is 5. The summed E-state index contributed by atoms with van der Waals surface area (Å²) in [5.74, 6) is -2.06. The number of ether oxygens (including phenoxy) is 3. The van der Waals surface area contributed by atoms with Crippen molar-refractivity contribution in [1.29, 1.82) is 0 Å². The number of nitrogens with zero attached hydrogens (tertiary/aromatic N) is 2. The number of carboxylic acid groups (broad SMARTS) is 1. The van der Waals surface area contributed by atoms with Crippen LogP contribution in [0.5, 0.6) is 0 Å². The van der Waals surface area contributed by atoms with Crippen molar-refractivity contribution < 1.29 is 47.7 Å². The minimum atomic E-state index is -1.37. The van der Waals surface area contributed by atoms with Crippen LogP contribution in [-0.4, -0.2) is 115 Å². The van der Waals surface area contributed by atoms with E-state index < -0.39 is 17.9 Å². The van der Waals surface area contributed by atoms with Crippen molar-refractivity contribution >= 4 is 46.3 Å². The highest BCUT2D eigenvalue weighted by molar-refractivity contribution is 6.07. The Morgan fingerprint density at radius 2 is 1.52 bits per heavy atom. The van der Waals surface area contributed by atoms with Gasteiger partial charge in [-0.1, -0.05) is 18.7 Å². The fourth-order valence-electron chi connectivity index (χ4n) is 7.02. The number of amides is 4. The predicted octanol–water partition coefficient (Wildman–Crippen LogP) is 2.99. The summed E-state index contributed by atoms with van der Waals surface area (Å²) in [4.78, 5) is 64.1. The monoisotopic (exact) mass is 884 g/mol. The highest BCUT2D eigenvalue weighted by Gasteiger charge is 2.23. The van der Waals surface area contributed by atoms with Crippen LogP contribution in [0.3, 0.4) is 0 Å². The van der Waals surface area contributed by atoms with Gasteiger partial charge in [0.25, 0.3) is 0 Å². The zero-order valence-corrected chi connectivity index (χ0v) is 38.1. The van der Waals surface area contributed by atoms with Crippen molar-refractivity contribution in [2.24, 2.45) is 0 Å². The zero-order chi connectivity index (χ0) is 46.6. The lowest BCUT2D eigenvalue weighted by molar-refractivity contribution is -0.255. The first-order valence-corrected chi connectivity index (χ1v) is 21.9. The van der Waals surface area contributed by atoms with Gasteiger partial charge in [0.05, 0.1) is 45.1 Å². The Labute approximate surface area is 375 Å². The summed E-state index contributed by atoms with van der Waals surface area (Å²) in [6, 6.07) is 16.0. The molecule has 0 saturated carbocycles. The molecular formula is C48H64N6O10. The largest absolute Gasteiger partial charge is 0.545 e. The first kappa shape index (κ1) is 50.5. The van der Waals surface area contributed by atoms with Gasteiger partial charge >= 0.3 is 0 Å². The Balaban J connectivity index is 1.32.